The summed E-state index contributed by atoms with van der Waals surface area (Å²) in [6, 6.07) is 11.2. The summed E-state index contributed by atoms with van der Waals surface area (Å²) in [7, 11) is 1.59. The Labute approximate surface area is 127 Å². The van der Waals surface area contributed by atoms with Crippen LogP contribution in [0, 0.1) is 11.3 Å². The molecule has 1 aromatic heterocycles. The van der Waals surface area contributed by atoms with Crippen LogP contribution in [0.3, 0.4) is 0 Å². The maximum Gasteiger partial charge on any atom is 0.194 e. The van der Waals surface area contributed by atoms with E-state index in [1.54, 1.807) is 42.7 Å². The smallest absolute Gasteiger partial charge is 0.194 e. The highest BCUT2D eigenvalue weighted by atomic mass is 32.1. The van der Waals surface area contributed by atoms with Crippen LogP contribution in [-0.2, 0) is 12.8 Å². The third kappa shape index (κ3) is 2.57. The van der Waals surface area contributed by atoms with E-state index in [9.17, 15) is 10.1 Å². The largest absolute Gasteiger partial charge is 0.497 e. The van der Waals surface area contributed by atoms with Gasteiger partial charge in [0.1, 0.15) is 11.7 Å². The van der Waals surface area contributed by atoms with Gasteiger partial charge in [0.2, 0.25) is 0 Å². The molecule has 1 heterocycles. The second kappa shape index (κ2) is 5.71. The maximum atomic E-state index is 12.6. The monoisotopic (exact) mass is 297 g/mol. The molecule has 0 radical (unpaired) electrons. The van der Waals surface area contributed by atoms with Gasteiger partial charge >= 0.3 is 0 Å². The molecule has 0 bridgehead atoms. The quantitative estimate of drug-likeness (QED) is 0.808. The van der Waals surface area contributed by atoms with Crippen molar-refractivity contribution in [2.75, 3.05) is 7.11 Å². The second-order valence-electron chi connectivity index (χ2n) is 5.11. The molecule has 0 saturated carbocycles. The van der Waals surface area contributed by atoms with Crippen molar-refractivity contribution >= 4 is 17.1 Å². The molecule has 0 N–H and O–H groups in total. The van der Waals surface area contributed by atoms with Crippen LogP contribution in [-0.4, -0.2) is 12.9 Å². The molecule has 1 aliphatic carbocycles. The van der Waals surface area contributed by atoms with E-state index >= 15 is 0 Å². The third-order valence-corrected chi connectivity index (χ3v) is 5.08. The molecule has 0 amide bonds. The second-order valence-corrected chi connectivity index (χ2v) is 6.25. The normalized spacial score (nSPS) is 14.3. The predicted molar refractivity (Wildman–Crippen MR) is 82.0 cm³/mol. The van der Waals surface area contributed by atoms with Gasteiger partial charge < -0.3 is 4.74 Å². The van der Waals surface area contributed by atoms with E-state index in [4.69, 9.17) is 4.74 Å². The summed E-state index contributed by atoms with van der Waals surface area (Å²) < 4.78 is 5.10. The molecule has 0 spiro atoms. The van der Waals surface area contributed by atoms with Crippen molar-refractivity contribution in [3.63, 3.8) is 0 Å². The summed E-state index contributed by atoms with van der Waals surface area (Å²) in [5, 5.41) is 9.39. The zero-order valence-electron chi connectivity index (χ0n) is 11.8. The SMILES string of the molecule is COc1ccc(C(C#N)C(=O)c2cc3c(s2)CCC3)cc1. The molecule has 0 fully saturated rings. The first-order valence-electron chi connectivity index (χ1n) is 6.92. The molecule has 21 heavy (non-hydrogen) atoms. The molecular formula is C17H15NO2S. The van der Waals surface area contributed by atoms with Gasteiger partial charge in [0.05, 0.1) is 18.1 Å². The number of nitriles is 1. The average molecular weight is 297 g/mol. The first-order chi connectivity index (χ1) is 10.2. The van der Waals surface area contributed by atoms with E-state index < -0.39 is 5.92 Å². The lowest BCUT2D eigenvalue weighted by Gasteiger charge is -2.08. The topological polar surface area (TPSA) is 50.1 Å². The molecule has 2 aromatic rings. The van der Waals surface area contributed by atoms with Gasteiger partial charge in [-0.3, -0.25) is 4.79 Å². The van der Waals surface area contributed by atoms with Crippen LogP contribution in [0.4, 0.5) is 0 Å². The highest BCUT2D eigenvalue weighted by molar-refractivity contribution is 7.14. The Bertz CT molecular complexity index is 688. The van der Waals surface area contributed by atoms with Crippen molar-refractivity contribution in [1.29, 1.82) is 5.26 Å². The summed E-state index contributed by atoms with van der Waals surface area (Å²) in [6.45, 7) is 0. The average Bonchev–Trinajstić information content (AvgIpc) is 3.10. The van der Waals surface area contributed by atoms with Gasteiger partial charge in [-0.25, -0.2) is 0 Å². The van der Waals surface area contributed by atoms with Gasteiger partial charge in [0, 0.05) is 4.88 Å². The number of ether oxygens (including phenoxy) is 1. The fourth-order valence-electron chi connectivity index (χ4n) is 2.67. The third-order valence-electron chi connectivity index (χ3n) is 3.83. The van der Waals surface area contributed by atoms with Crippen LogP contribution >= 0.6 is 11.3 Å². The van der Waals surface area contributed by atoms with Crippen molar-refractivity contribution in [2.45, 2.75) is 25.2 Å². The summed E-state index contributed by atoms with van der Waals surface area (Å²) in [6.07, 6.45) is 3.29. The van der Waals surface area contributed by atoms with E-state index in [-0.39, 0.29) is 5.78 Å². The Hall–Kier alpha value is -2.12. The van der Waals surface area contributed by atoms with Crippen LogP contribution in [0.5, 0.6) is 5.75 Å². The number of thiophene rings is 1. The maximum absolute atomic E-state index is 12.6. The lowest BCUT2D eigenvalue weighted by Crippen LogP contribution is -2.09. The molecular weight excluding hydrogens is 282 g/mol. The molecule has 4 heteroatoms. The molecule has 1 aliphatic rings. The number of aryl methyl sites for hydroxylation is 2. The van der Waals surface area contributed by atoms with Crippen LogP contribution in [0.15, 0.2) is 30.3 Å². The molecule has 3 nitrogen and oxygen atoms in total. The van der Waals surface area contributed by atoms with Crippen LogP contribution in [0.1, 0.15) is 38.0 Å². The Morgan fingerprint density at radius 3 is 2.71 bits per heavy atom. The number of fused-ring (bicyclic) bond motifs is 1. The van der Waals surface area contributed by atoms with Crippen molar-refractivity contribution in [1.82, 2.24) is 0 Å². The van der Waals surface area contributed by atoms with Crippen LogP contribution in [0.2, 0.25) is 0 Å². The minimum atomic E-state index is -0.741. The Morgan fingerprint density at radius 1 is 1.33 bits per heavy atom. The van der Waals surface area contributed by atoms with E-state index in [1.807, 2.05) is 6.07 Å². The number of methoxy groups -OCH3 is 1. The number of carbonyl (C=O) groups excluding carboxylic acids is 1. The zero-order chi connectivity index (χ0) is 14.8. The Balaban J connectivity index is 1.87. The van der Waals surface area contributed by atoms with Gasteiger partial charge in [-0.05, 0) is 48.6 Å². The predicted octanol–water partition coefficient (Wildman–Crippen LogP) is 3.74. The minimum absolute atomic E-state index is 0.0953. The molecule has 3 rings (SSSR count). The minimum Gasteiger partial charge on any atom is -0.497 e. The van der Waals surface area contributed by atoms with Crippen LogP contribution in [0.25, 0.3) is 0 Å². The standard InChI is InChI=1S/C17H15NO2S/c1-20-13-7-5-11(6-8-13)14(10-18)17(19)16-9-12-3-2-4-15(12)21-16/h5-9,14H,2-4H2,1H3. The van der Waals surface area contributed by atoms with Gasteiger partial charge in [0.15, 0.2) is 5.78 Å². The number of Topliss-reactive ketones (excluding diaryl/α,β-unsaturated/α-hetero) is 1. The summed E-state index contributed by atoms with van der Waals surface area (Å²) >= 11 is 1.55. The number of hydrogen-bond acceptors (Lipinski definition) is 4. The van der Waals surface area contributed by atoms with Gasteiger partial charge in [-0.2, -0.15) is 5.26 Å². The Kier molecular flexibility index (Phi) is 3.76. The van der Waals surface area contributed by atoms with Gasteiger partial charge in [-0.15, -0.1) is 11.3 Å². The molecule has 1 unspecified atom stereocenters. The van der Waals surface area contributed by atoms with E-state index in [2.05, 4.69) is 6.07 Å². The lowest BCUT2D eigenvalue weighted by molar-refractivity contribution is 0.0982. The van der Waals surface area contributed by atoms with E-state index in [1.165, 1.54) is 16.9 Å². The molecule has 1 atom stereocenters. The summed E-state index contributed by atoms with van der Waals surface area (Å²) in [4.78, 5) is 14.6. The number of ketones is 1. The first-order valence-corrected chi connectivity index (χ1v) is 7.74. The highest BCUT2D eigenvalue weighted by Gasteiger charge is 2.25. The first kappa shape index (κ1) is 13.8. The fraction of sp³-hybridized carbons (Fsp3) is 0.294. The molecule has 1 aromatic carbocycles. The Morgan fingerprint density at radius 2 is 2.10 bits per heavy atom. The zero-order valence-corrected chi connectivity index (χ0v) is 12.6. The van der Waals surface area contributed by atoms with E-state index in [0.717, 1.165) is 24.2 Å². The van der Waals surface area contributed by atoms with Crippen molar-refractivity contribution < 1.29 is 9.53 Å². The van der Waals surface area contributed by atoms with E-state index in [0.29, 0.717) is 4.88 Å². The molecule has 106 valence electrons. The summed E-state index contributed by atoms with van der Waals surface area (Å²) in [5.74, 6) is -0.116. The molecule has 0 aliphatic heterocycles. The van der Waals surface area contributed by atoms with Crippen molar-refractivity contribution in [3.05, 3.63) is 51.2 Å². The number of hydrogen-bond donors (Lipinski definition) is 0. The fourth-order valence-corrected chi connectivity index (χ4v) is 3.90. The number of benzene rings is 1. The van der Waals surface area contributed by atoms with Crippen LogP contribution < -0.4 is 4.74 Å². The number of rotatable bonds is 4. The van der Waals surface area contributed by atoms with Crippen molar-refractivity contribution in [2.24, 2.45) is 0 Å². The molecule has 0 saturated heterocycles. The lowest BCUT2D eigenvalue weighted by atomic mass is 9.95. The van der Waals surface area contributed by atoms with Gasteiger partial charge in [0.25, 0.3) is 0 Å². The number of nitrogens with zero attached hydrogens (tertiary/aromatic N) is 1. The van der Waals surface area contributed by atoms with Crippen molar-refractivity contribution in [3.8, 4) is 11.8 Å². The summed E-state index contributed by atoms with van der Waals surface area (Å²) in [5.41, 5.74) is 2.01. The highest BCUT2D eigenvalue weighted by Crippen LogP contribution is 2.33. The van der Waals surface area contributed by atoms with Gasteiger partial charge in [-0.1, -0.05) is 12.1 Å². The number of carbonyl (C=O) groups is 1.